The van der Waals surface area contributed by atoms with Crippen LogP contribution in [0.25, 0.3) is 0 Å². The second-order valence-corrected chi connectivity index (χ2v) is 5.07. The van der Waals surface area contributed by atoms with Crippen molar-refractivity contribution in [2.45, 2.75) is 12.8 Å². The number of carbonyl (C=O) groups excluding carboxylic acids is 1. The van der Waals surface area contributed by atoms with Crippen LogP contribution in [-0.2, 0) is 9.53 Å². The lowest BCUT2D eigenvalue weighted by Gasteiger charge is -2.21. The zero-order chi connectivity index (χ0) is 15.1. The first-order valence-corrected chi connectivity index (χ1v) is 7.07. The first-order chi connectivity index (χ1) is 10.2. The highest BCUT2D eigenvalue weighted by atomic mass is 16.5. The second kappa shape index (κ2) is 7.64. The van der Waals surface area contributed by atoms with E-state index in [2.05, 4.69) is 5.32 Å². The fourth-order valence-electron chi connectivity index (χ4n) is 2.31. The predicted octanol–water partition coefficient (Wildman–Crippen LogP) is 1.71. The van der Waals surface area contributed by atoms with Gasteiger partial charge in [-0.25, -0.2) is 4.79 Å². The van der Waals surface area contributed by atoms with Crippen molar-refractivity contribution >= 4 is 17.7 Å². The van der Waals surface area contributed by atoms with Gasteiger partial charge in [-0.05, 0) is 30.9 Å². The van der Waals surface area contributed by atoms with E-state index in [1.165, 1.54) is 4.90 Å². The van der Waals surface area contributed by atoms with Crippen LogP contribution in [0.4, 0.5) is 10.5 Å². The Hall–Kier alpha value is -2.08. The van der Waals surface area contributed by atoms with Gasteiger partial charge in [0.2, 0.25) is 0 Å². The maximum absolute atomic E-state index is 12.2. The van der Waals surface area contributed by atoms with Gasteiger partial charge in [-0.15, -0.1) is 0 Å². The van der Waals surface area contributed by atoms with E-state index in [1.54, 1.807) is 24.3 Å². The number of carboxylic acid groups (broad SMARTS) is 1. The molecule has 6 heteroatoms. The Morgan fingerprint density at radius 2 is 2.10 bits per heavy atom. The van der Waals surface area contributed by atoms with Gasteiger partial charge in [-0.2, -0.15) is 0 Å². The number of aliphatic carboxylic acids is 1. The third-order valence-electron chi connectivity index (χ3n) is 3.46. The van der Waals surface area contributed by atoms with E-state index < -0.39 is 5.97 Å². The molecule has 6 nitrogen and oxygen atoms in total. The van der Waals surface area contributed by atoms with Gasteiger partial charge in [-0.1, -0.05) is 18.2 Å². The molecular weight excluding hydrogens is 272 g/mol. The molecule has 2 amide bonds. The Morgan fingerprint density at radius 1 is 1.33 bits per heavy atom. The minimum Gasteiger partial charge on any atom is -0.480 e. The monoisotopic (exact) mass is 292 g/mol. The number of urea groups is 1. The van der Waals surface area contributed by atoms with Crippen molar-refractivity contribution in [3.8, 4) is 0 Å². The second-order valence-electron chi connectivity index (χ2n) is 5.07. The molecule has 0 aromatic heterocycles. The molecule has 0 saturated carbocycles. The van der Waals surface area contributed by atoms with Gasteiger partial charge in [0.1, 0.15) is 6.54 Å². The number of carbonyl (C=O) groups is 2. The summed E-state index contributed by atoms with van der Waals surface area (Å²) < 4.78 is 5.28. The van der Waals surface area contributed by atoms with E-state index in [4.69, 9.17) is 9.84 Å². The summed E-state index contributed by atoms with van der Waals surface area (Å²) in [5, 5.41) is 11.7. The summed E-state index contributed by atoms with van der Waals surface area (Å²) in [6.45, 7) is 1.69. The molecule has 1 saturated heterocycles. The molecule has 2 rings (SSSR count). The van der Waals surface area contributed by atoms with Crippen molar-refractivity contribution in [3.05, 3.63) is 30.3 Å². The van der Waals surface area contributed by atoms with Crippen LogP contribution in [0, 0.1) is 5.92 Å². The van der Waals surface area contributed by atoms with E-state index in [0.717, 1.165) is 26.1 Å². The molecule has 1 atom stereocenters. The van der Waals surface area contributed by atoms with Crippen LogP contribution in [0.15, 0.2) is 30.3 Å². The van der Waals surface area contributed by atoms with Gasteiger partial charge < -0.3 is 15.2 Å². The summed E-state index contributed by atoms with van der Waals surface area (Å²) in [5.74, 6) is -0.562. The highest BCUT2D eigenvalue weighted by molar-refractivity contribution is 5.96. The fourth-order valence-corrected chi connectivity index (χ4v) is 2.31. The van der Waals surface area contributed by atoms with Crippen molar-refractivity contribution in [2.24, 2.45) is 5.92 Å². The Labute approximate surface area is 123 Å². The fraction of sp³-hybridized carbons (Fsp3) is 0.467. The van der Waals surface area contributed by atoms with Gasteiger partial charge in [0, 0.05) is 25.4 Å². The summed E-state index contributed by atoms with van der Waals surface area (Å²) in [6, 6.07) is 8.41. The van der Waals surface area contributed by atoms with E-state index >= 15 is 0 Å². The van der Waals surface area contributed by atoms with Crippen molar-refractivity contribution in [1.29, 1.82) is 0 Å². The van der Waals surface area contributed by atoms with Crippen LogP contribution in [-0.4, -0.2) is 43.4 Å². The molecule has 21 heavy (non-hydrogen) atoms. The third-order valence-corrected chi connectivity index (χ3v) is 3.46. The maximum Gasteiger partial charge on any atom is 0.323 e. The number of carboxylic acids is 1. The zero-order valence-electron chi connectivity index (χ0n) is 11.8. The number of nitrogens with one attached hydrogen (secondary N) is 1. The molecule has 1 aliphatic heterocycles. The van der Waals surface area contributed by atoms with Gasteiger partial charge in [-0.3, -0.25) is 9.69 Å². The standard InChI is InChI=1S/C15H20N2O4/c18-14(19)10-17(13-4-2-1-3-5-13)15(20)16-8-6-12-7-9-21-11-12/h1-5,12H,6-11H2,(H,16,20)(H,18,19). The number of hydrogen-bond donors (Lipinski definition) is 2. The molecule has 1 unspecified atom stereocenters. The van der Waals surface area contributed by atoms with Crippen molar-refractivity contribution in [3.63, 3.8) is 0 Å². The number of para-hydroxylation sites is 1. The van der Waals surface area contributed by atoms with E-state index in [1.807, 2.05) is 6.07 Å². The minimum absolute atomic E-state index is 0.359. The Morgan fingerprint density at radius 3 is 2.71 bits per heavy atom. The van der Waals surface area contributed by atoms with Crippen molar-refractivity contribution in [1.82, 2.24) is 5.32 Å². The van der Waals surface area contributed by atoms with Crippen LogP contribution >= 0.6 is 0 Å². The molecule has 1 aromatic carbocycles. The number of benzene rings is 1. The molecule has 1 fully saturated rings. The van der Waals surface area contributed by atoms with E-state index in [9.17, 15) is 9.59 Å². The topological polar surface area (TPSA) is 78.9 Å². The van der Waals surface area contributed by atoms with Crippen molar-refractivity contribution < 1.29 is 19.4 Å². The summed E-state index contributed by atoms with van der Waals surface area (Å²) in [4.78, 5) is 24.3. The van der Waals surface area contributed by atoms with Crippen LogP contribution in [0.1, 0.15) is 12.8 Å². The normalized spacial score (nSPS) is 17.4. The van der Waals surface area contributed by atoms with Crippen LogP contribution in [0.3, 0.4) is 0 Å². The van der Waals surface area contributed by atoms with Gasteiger partial charge >= 0.3 is 12.0 Å². The summed E-state index contributed by atoms with van der Waals surface area (Å²) >= 11 is 0. The van der Waals surface area contributed by atoms with Crippen LogP contribution < -0.4 is 10.2 Å². The van der Waals surface area contributed by atoms with E-state index in [0.29, 0.717) is 18.2 Å². The third kappa shape index (κ3) is 4.75. The summed E-state index contributed by atoms with van der Waals surface area (Å²) in [7, 11) is 0. The highest BCUT2D eigenvalue weighted by Crippen LogP contribution is 2.16. The zero-order valence-corrected chi connectivity index (χ0v) is 11.8. The molecular formula is C15H20N2O4. The van der Waals surface area contributed by atoms with Gasteiger partial charge in [0.15, 0.2) is 0 Å². The number of ether oxygens (including phenoxy) is 1. The average molecular weight is 292 g/mol. The number of rotatable bonds is 6. The van der Waals surface area contributed by atoms with E-state index in [-0.39, 0.29) is 12.6 Å². The van der Waals surface area contributed by atoms with Crippen molar-refractivity contribution in [2.75, 3.05) is 31.2 Å². The molecule has 1 aliphatic rings. The molecule has 0 spiro atoms. The quantitative estimate of drug-likeness (QED) is 0.836. The number of anilines is 1. The minimum atomic E-state index is -1.04. The lowest BCUT2D eigenvalue weighted by Crippen LogP contribution is -2.43. The first-order valence-electron chi connectivity index (χ1n) is 7.07. The maximum atomic E-state index is 12.2. The average Bonchev–Trinajstić information content (AvgIpc) is 2.98. The molecule has 0 radical (unpaired) electrons. The Kier molecular flexibility index (Phi) is 5.57. The molecule has 114 valence electrons. The first kappa shape index (κ1) is 15.3. The van der Waals surface area contributed by atoms with Gasteiger partial charge in [0.05, 0.1) is 0 Å². The molecule has 1 aromatic rings. The molecule has 2 N–H and O–H groups in total. The molecule has 0 aliphatic carbocycles. The summed E-state index contributed by atoms with van der Waals surface area (Å²) in [5.41, 5.74) is 0.571. The molecule has 0 bridgehead atoms. The Balaban J connectivity index is 1.89. The van der Waals surface area contributed by atoms with Crippen LogP contribution in [0.2, 0.25) is 0 Å². The number of nitrogens with zero attached hydrogens (tertiary/aromatic N) is 1. The number of hydrogen-bond acceptors (Lipinski definition) is 3. The summed E-state index contributed by atoms with van der Waals surface area (Å²) in [6.07, 6.45) is 1.87. The smallest absolute Gasteiger partial charge is 0.323 e. The lowest BCUT2D eigenvalue weighted by molar-refractivity contribution is -0.135. The SMILES string of the molecule is O=C(O)CN(C(=O)NCCC1CCOC1)c1ccccc1. The Bertz CT molecular complexity index is 472. The highest BCUT2D eigenvalue weighted by Gasteiger charge is 2.20. The molecule has 1 heterocycles. The lowest BCUT2D eigenvalue weighted by atomic mass is 10.1. The predicted molar refractivity (Wildman–Crippen MR) is 78.4 cm³/mol. The largest absolute Gasteiger partial charge is 0.480 e. The van der Waals surface area contributed by atoms with Gasteiger partial charge in [0.25, 0.3) is 0 Å². The van der Waals surface area contributed by atoms with Crippen LogP contribution in [0.5, 0.6) is 0 Å². The number of amides is 2.